The lowest BCUT2D eigenvalue weighted by Crippen LogP contribution is -2.20. The van der Waals surface area contributed by atoms with Gasteiger partial charge in [0.15, 0.2) is 5.65 Å². The van der Waals surface area contributed by atoms with E-state index in [9.17, 15) is 9.36 Å². The molecule has 2 aromatic rings. The zero-order chi connectivity index (χ0) is 15.6. The van der Waals surface area contributed by atoms with Crippen LogP contribution in [0.2, 0.25) is 0 Å². The average Bonchev–Trinajstić information content (AvgIpc) is 2.94. The molecule has 9 heteroatoms. The van der Waals surface area contributed by atoms with Gasteiger partial charge in [-0.05, 0) is 13.0 Å². The van der Waals surface area contributed by atoms with E-state index in [-0.39, 0.29) is 0 Å². The lowest BCUT2D eigenvalue weighted by Gasteiger charge is -2.23. The molecule has 8 nitrogen and oxygen atoms in total. The van der Waals surface area contributed by atoms with Crippen molar-refractivity contribution in [2.45, 2.75) is 12.6 Å². The normalized spacial score (nSPS) is 13.3. The minimum Gasteiger partial charge on any atom is -0.468 e. The zero-order valence-corrected chi connectivity index (χ0v) is 13.0. The average molecular weight is 313 g/mol. The third-order valence-corrected chi connectivity index (χ3v) is 5.17. The SMILES string of the molecule is COC(=O)C(c1cc(C)nc2ccnn12)P(=O)(OC)OC. The fourth-order valence-electron chi connectivity index (χ4n) is 2.07. The number of carbonyl (C=O) groups excluding carboxylic acids is 1. The molecule has 0 fully saturated rings. The Morgan fingerprint density at radius 2 is 2.00 bits per heavy atom. The van der Waals surface area contributed by atoms with E-state index in [1.807, 2.05) is 0 Å². The summed E-state index contributed by atoms with van der Waals surface area (Å²) in [6.45, 7) is 1.76. The maximum Gasteiger partial charge on any atom is 0.350 e. The van der Waals surface area contributed by atoms with Gasteiger partial charge in [0, 0.05) is 26.0 Å². The largest absolute Gasteiger partial charge is 0.468 e. The standard InChI is InChI=1S/C12H16N3O5P/c1-8-7-9(15-10(14-8)5-6-13-15)11(12(16)18-2)21(17,19-3)20-4/h5-7,11H,1-4H3. The number of nitrogens with zero attached hydrogens (tertiary/aromatic N) is 3. The molecule has 0 saturated carbocycles. The number of fused-ring (bicyclic) bond motifs is 1. The van der Waals surface area contributed by atoms with Crippen molar-refractivity contribution in [3.05, 3.63) is 29.7 Å². The van der Waals surface area contributed by atoms with Crippen LogP contribution >= 0.6 is 7.60 Å². The molecule has 21 heavy (non-hydrogen) atoms. The second kappa shape index (κ2) is 5.93. The molecule has 1 unspecified atom stereocenters. The van der Waals surface area contributed by atoms with Gasteiger partial charge in [0.1, 0.15) is 0 Å². The van der Waals surface area contributed by atoms with E-state index in [2.05, 4.69) is 10.1 Å². The van der Waals surface area contributed by atoms with Crippen LogP contribution < -0.4 is 0 Å². The molecule has 0 aliphatic rings. The van der Waals surface area contributed by atoms with Crippen molar-refractivity contribution in [1.29, 1.82) is 0 Å². The summed E-state index contributed by atoms with van der Waals surface area (Å²) in [5.74, 6) is -0.732. The summed E-state index contributed by atoms with van der Waals surface area (Å²) in [6.07, 6.45) is 1.53. The molecule has 2 aromatic heterocycles. The predicted octanol–water partition coefficient (Wildman–Crippen LogP) is 1.74. The van der Waals surface area contributed by atoms with Gasteiger partial charge in [-0.2, -0.15) is 5.10 Å². The van der Waals surface area contributed by atoms with Gasteiger partial charge < -0.3 is 13.8 Å². The summed E-state index contributed by atoms with van der Waals surface area (Å²) in [4.78, 5) is 16.4. The summed E-state index contributed by atoms with van der Waals surface area (Å²) >= 11 is 0. The van der Waals surface area contributed by atoms with E-state index in [1.165, 1.54) is 32.0 Å². The van der Waals surface area contributed by atoms with Crippen LogP contribution in [-0.2, 0) is 23.1 Å². The number of esters is 1. The van der Waals surface area contributed by atoms with Crippen LogP contribution in [-0.4, -0.2) is 41.9 Å². The number of hydrogen-bond donors (Lipinski definition) is 0. The first-order valence-corrected chi connectivity index (χ1v) is 7.68. The summed E-state index contributed by atoms with van der Waals surface area (Å²) in [7, 11) is -0.108. The van der Waals surface area contributed by atoms with E-state index in [0.29, 0.717) is 17.0 Å². The Balaban J connectivity index is 2.72. The van der Waals surface area contributed by atoms with Crippen LogP contribution in [0.3, 0.4) is 0 Å². The second-order valence-corrected chi connectivity index (χ2v) is 6.58. The van der Waals surface area contributed by atoms with Crippen molar-refractivity contribution < 1.29 is 23.1 Å². The number of aryl methyl sites for hydroxylation is 1. The van der Waals surface area contributed by atoms with Gasteiger partial charge in [-0.15, -0.1) is 0 Å². The zero-order valence-electron chi connectivity index (χ0n) is 12.1. The summed E-state index contributed by atoms with van der Waals surface area (Å²) in [5, 5.41) is 4.09. The number of rotatable bonds is 5. The molecule has 0 spiro atoms. The third kappa shape index (κ3) is 2.70. The number of carbonyl (C=O) groups is 1. The van der Waals surface area contributed by atoms with Crippen molar-refractivity contribution in [3.8, 4) is 0 Å². The Hall–Kier alpha value is -1.76. The van der Waals surface area contributed by atoms with Crippen molar-refractivity contribution in [1.82, 2.24) is 14.6 Å². The van der Waals surface area contributed by atoms with Gasteiger partial charge in [-0.3, -0.25) is 9.36 Å². The second-order valence-electron chi connectivity index (χ2n) is 4.25. The summed E-state index contributed by atoms with van der Waals surface area (Å²) in [6, 6.07) is 3.28. The maximum atomic E-state index is 12.7. The molecule has 0 aliphatic heterocycles. The van der Waals surface area contributed by atoms with Crippen molar-refractivity contribution in [2.75, 3.05) is 21.3 Å². The Bertz CT molecular complexity index is 706. The third-order valence-electron chi connectivity index (χ3n) is 3.04. The van der Waals surface area contributed by atoms with Crippen LogP contribution in [0.25, 0.3) is 5.65 Å². The fourth-order valence-corrected chi connectivity index (χ4v) is 3.51. The van der Waals surface area contributed by atoms with Crippen LogP contribution in [0, 0.1) is 6.92 Å². The highest BCUT2D eigenvalue weighted by Gasteiger charge is 2.44. The molecule has 0 aliphatic carbocycles. The van der Waals surface area contributed by atoms with Gasteiger partial charge in [-0.25, -0.2) is 9.50 Å². The minimum atomic E-state index is -3.75. The molecule has 0 aromatic carbocycles. The molecule has 0 amide bonds. The topological polar surface area (TPSA) is 92.0 Å². The van der Waals surface area contributed by atoms with E-state index in [4.69, 9.17) is 13.8 Å². The van der Waals surface area contributed by atoms with E-state index >= 15 is 0 Å². The highest BCUT2D eigenvalue weighted by atomic mass is 31.2. The Morgan fingerprint density at radius 3 is 2.57 bits per heavy atom. The molecule has 2 rings (SSSR count). The van der Waals surface area contributed by atoms with Crippen LogP contribution in [0.4, 0.5) is 0 Å². The number of aromatic nitrogens is 3. The fraction of sp³-hybridized carbons (Fsp3) is 0.417. The summed E-state index contributed by atoms with van der Waals surface area (Å²) in [5.41, 5.74) is 0.256. The molecule has 0 saturated heterocycles. The van der Waals surface area contributed by atoms with Crippen LogP contribution in [0.5, 0.6) is 0 Å². The van der Waals surface area contributed by atoms with E-state index < -0.39 is 19.2 Å². The first-order valence-electron chi connectivity index (χ1n) is 6.07. The lowest BCUT2D eigenvalue weighted by atomic mass is 10.2. The first-order chi connectivity index (χ1) is 9.96. The lowest BCUT2D eigenvalue weighted by molar-refractivity contribution is -0.140. The summed E-state index contributed by atoms with van der Waals surface area (Å²) < 4.78 is 28.8. The molecule has 114 valence electrons. The van der Waals surface area contributed by atoms with E-state index in [0.717, 1.165) is 0 Å². The Morgan fingerprint density at radius 1 is 1.33 bits per heavy atom. The van der Waals surface area contributed by atoms with Crippen LogP contribution in [0.1, 0.15) is 17.0 Å². The quantitative estimate of drug-likeness (QED) is 0.613. The monoisotopic (exact) mass is 313 g/mol. The number of ether oxygens (including phenoxy) is 1. The molecular weight excluding hydrogens is 297 g/mol. The minimum absolute atomic E-state index is 0.335. The molecular formula is C12H16N3O5P. The van der Waals surface area contributed by atoms with Gasteiger partial charge in [0.2, 0.25) is 5.66 Å². The molecule has 0 N–H and O–H groups in total. The molecule has 0 bridgehead atoms. The smallest absolute Gasteiger partial charge is 0.350 e. The van der Waals surface area contributed by atoms with Crippen molar-refractivity contribution in [2.24, 2.45) is 0 Å². The molecule has 2 heterocycles. The Labute approximate surface area is 121 Å². The van der Waals surface area contributed by atoms with Gasteiger partial charge in [0.25, 0.3) is 0 Å². The highest BCUT2D eigenvalue weighted by molar-refractivity contribution is 7.55. The maximum absolute atomic E-state index is 12.7. The van der Waals surface area contributed by atoms with Gasteiger partial charge >= 0.3 is 13.6 Å². The first kappa shape index (κ1) is 15.6. The number of methoxy groups -OCH3 is 1. The molecule has 1 atom stereocenters. The van der Waals surface area contributed by atoms with Gasteiger partial charge in [0.05, 0.1) is 19.0 Å². The highest BCUT2D eigenvalue weighted by Crippen LogP contribution is 2.60. The predicted molar refractivity (Wildman–Crippen MR) is 74.1 cm³/mol. The van der Waals surface area contributed by atoms with Crippen molar-refractivity contribution in [3.63, 3.8) is 0 Å². The number of hydrogen-bond acceptors (Lipinski definition) is 7. The van der Waals surface area contributed by atoms with Crippen LogP contribution in [0.15, 0.2) is 18.3 Å². The molecule has 0 radical (unpaired) electrons. The van der Waals surface area contributed by atoms with Gasteiger partial charge in [-0.1, -0.05) is 0 Å². The van der Waals surface area contributed by atoms with Crippen molar-refractivity contribution >= 4 is 19.2 Å². The van der Waals surface area contributed by atoms with E-state index in [1.54, 1.807) is 19.1 Å². The Kier molecular flexibility index (Phi) is 4.41.